The number of unbranched alkanes of at least 4 members (excludes halogenated alkanes) is 3. The van der Waals surface area contributed by atoms with Crippen molar-refractivity contribution in [3.05, 3.63) is 0 Å². The fourth-order valence-corrected chi connectivity index (χ4v) is 2.77. The SMILES string of the molecule is CCCCOC(COP(=O)(O)O)(OCCCC)OCCCC.O=P(O)(O)OCC(Cl)(Cl)Cl. The summed E-state index contributed by atoms with van der Waals surface area (Å²) in [5, 5.41) is 0. The first-order chi connectivity index (χ1) is 14.6. The molecular formula is C16H35Cl3O11P2. The highest BCUT2D eigenvalue weighted by Crippen LogP contribution is 2.40. The van der Waals surface area contributed by atoms with Crippen molar-refractivity contribution in [1.82, 2.24) is 0 Å². The second-order valence-electron chi connectivity index (χ2n) is 6.43. The van der Waals surface area contributed by atoms with Crippen LogP contribution >= 0.6 is 50.4 Å². The topological polar surface area (TPSA) is 161 Å². The first-order valence-electron chi connectivity index (χ1n) is 9.98. The minimum Gasteiger partial charge on any atom is -0.326 e. The van der Waals surface area contributed by atoms with Gasteiger partial charge in [-0.25, -0.2) is 9.13 Å². The van der Waals surface area contributed by atoms with Crippen LogP contribution in [-0.4, -0.2) is 62.4 Å². The van der Waals surface area contributed by atoms with Gasteiger partial charge in [-0.2, -0.15) is 0 Å². The zero-order chi connectivity index (χ0) is 25.3. The Kier molecular flexibility index (Phi) is 20.1. The third-order valence-electron chi connectivity index (χ3n) is 3.27. The number of phosphoric acid groups is 2. The second-order valence-corrected chi connectivity index (χ2v) is 11.4. The number of hydrogen-bond donors (Lipinski definition) is 4. The van der Waals surface area contributed by atoms with Gasteiger partial charge in [-0.15, -0.1) is 0 Å². The Morgan fingerprint density at radius 3 is 1.19 bits per heavy atom. The highest BCUT2D eigenvalue weighted by molar-refractivity contribution is 7.46. The van der Waals surface area contributed by atoms with Crippen LogP contribution in [0.5, 0.6) is 0 Å². The summed E-state index contributed by atoms with van der Waals surface area (Å²) in [6.45, 7) is 6.08. The first-order valence-corrected chi connectivity index (χ1v) is 14.2. The number of hydrogen-bond acceptors (Lipinski definition) is 7. The highest BCUT2D eigenvalue weighted by Gasteiger charge is 2.37. The zero-order valence-electron chi connectivity index (χ0n) is 18.5. The van der Waals surface area contributed by atoms with Gasteiger partial charge in [0.05, 0.1) is 19.8 Å². The van der Waals surface area contributed by atoms with E-state index in [1.807, 2.05) is 20.8 Å². The van der Waals surface area contributed by atoms with Crippen molar-refractivity contribution in [3.8, 4) is 0 Å². The lowest BCUT2D eigenvalue weighted by atomic mass is 10.3. The van der Waals surface area contributed by atoms with E-state index in [0.29, 0.717) is 19.8 Å². The Hall–Kier alpha value is 0.970. The number of alkyl halides is 3. The Morgan fingerprint density at radius 1 is 0.656 bits per heavy atom. The standard InChI is InChI=1S/C14H31O7P.C2H4Cl3O4P/c1-4-7-10-18-14(19-11-8-5-2,20-12-9-6-3)13-21-22(15,16)17;3-2(4,5)1-9-10(6,7)8/h4-13H2,1-3H3,(H2,15,16,17);1H2,(H2,6,7,8). The van der Waals surface area contributed by atoms with E-state index in [-0.39, 0.29) is 0 Å². The van der Waals surface area contributed by atoms with Crippen LogP contribution in [0.25, 0.3) is 0 Å². The number of halogens is 3. The molecule has 0 saturated carbocycles. The van der Waals surface area contributed by atoms with Crippen molar-refractivity contribution < 1.29 is 52.0 Å². The smallest absolute Gasteiger partial charge is 0.326 e. The van der Waals surface area contributed by atoms with Crippen molar-refractivity contribution in [2.45, 2.75) is 69.1 Å². The fourth-order valence-electron chi connectivity index (χ4n) is 1.69. The number of ether oxygens (including phenoxy) is 3. The highest BCUT2D eigenvalue weighted by atomic mass is 35.6. The van der Waals surface area contributed by atoms with E-state index in [4.69, 9.17) is 68.6 Å². The van der Waals surface area contributed by atoms with Crippen LogP contribution in [0.15, 0.2) is 0 Å². The molecule has 0 aromatic heterocycles. The van der Waals surface area contributed by atoms with Gasteiger partial charge < -0.3 is 33.8 Å². The average Bonchev–Trinajstić information content (AvgIpc) is 2.64. The Balaban J connectivity index is 0. The van der Waals surface area contributed by atoms with Crippen molar-refractivity contribution in [1.29, 1.82) is 0 Å². The first kappa shape index (κ1) is 35.1. The summed E-state index contributed by atoms with van der Waals surface area (Å²) >= 11 is 15.3. The quantitative estimate of drug-likeness (QED) is 0.0831. The summed E-state index contributed by atoms with van der Waals surface area (Å²) in [5.74, 6) is -1.55. The minimum absolute atomic E-state index is 0.374. The monoisotopic (exact) mass is 570 g/mol. The maximum absolute atomic E-state index is 11.0. The number of rotatable bonds is 17. The molecule has 0 heterocycles. The molecule has 0 aliphatic carbocycles. The molecule has 0 fully saturated rings. The number of phosphoric ester groups is 2. The molecule has 0 aliphatic rings. The van der Waals surface area contributed by atoms with Gasteiger partial charge >= 0.3 is 21.6 Å². The summed E-state index contributed by atoms with van der Waals surface area (Å²) in [4.78, 5) is 34.0. The third kappa shape index (κ3) is 25.6. The molecule has 0 unspecified atom stereocenters. The second kappa shape index (κ2) is 18.3. The molecular weight excluding hydrogens is 536 g/mol. The molecule has 0 amide bonds. The molecule has 0 aliphatic heterocycles. The molecule has 11 nitrogen and oxygen atoms in total. The summed E-state index contributed by atoms with van der Waals surface area (Å²) in [7, 11) is -9.13. The van der Waals surface area contributed by atoms with Gasteiger partial charge in [0.25, 0.3) is 0 Å². The van der Waals surface area contributed by atoms with Gasteiger partial charge in [-0.1, -0.05) is 74.8 Å². The van der Waals surface area contributed by atoms with Crippen LogP contribution in [0, 0.1) is 0 Å². The summed E-state index contributed by atoms with van der Waals surface area (Å²) in [6, 6.07) is 0. The Labute approximate surface area is 204 Å². The Bertz CT molecular complexity index is 525. The normalized spacial score (nSPS) is 13.1. The molecule has 4 N–H and O–H groups in total. The van der Waals surface area contributed by atoms with Gasteiger partial charge in [0.2, 0.25) is 3.79 Å². The van der Waals surface area contributed by atoms with E-state index in [0.717, 1.165) is 38.5 Å². The molecule has 0 spiro atoms. The van der Waals surface area contributed by atoms with Gasteiger partial charge in [0.15, 0.2) is 0 Å². The predicted molar refractivity (Wildman–Crippen MR) is 122 cm³/mol. The molecule has 0 radical (unpaired) electrons. The fraction of sp³-hybridized carbons (Fsp3) is 1.00. The lowest BCUT2D eigenvalue weighted by Crippen LogP contribution is -2.44. The maximum Gasteiger partial charge on any atom is 0.469 e. The van der Waals surface area contributed by atoms with E-state index in [9.17, 15) is 9.13 Å². The van der Waals surface area contributed by atoms with Gasteiger partial charge in [0.1, 0.15) is 13.2 Å². The van der Waals surface area contributed by atoms with Crippen LogP contribution < -0.4 is 0 Å². The van der Waals surface area contributed by atoms with Gasteiger partial charge in [0, 0.05) is 0 Å². The van der Waals surface area contributed by atoms with Crippen LogP contribution in [-0.2, 0) is 32.4 Å². The molecule has 0 saturated heterocycles. The van der Waals surface area contributed by atoms with E-state index in [1.54, 1.807) is 0 Å². The third-order valence-corrected chi connectivity index (χ3v) is 4.52. The molecule has 196 valence electrons. The molecule has 0 aromatic carbocycles. The van der Waals surface area contributed by atoms with E-state index < -0.39 is 38.6 Å². The van der Waals surface area contributed by atoms with Crippen molar-refractivity contribution in [2.24, 2.45) is 0 Å². The molecule has 0 atom stereocenters. The van der Waals surface area contributed by atoms with Crippen molar-refractivity contribution in [2.75, 3.05) is 33.0 Å². The maximum atomic E-state index is 11.0. The minimum atomic E-state index is -4.62. The largest absolute Gasteiger partial charge is 0.469 e. The van der Waals surface area contributed by atoms with E-state index >= 15 is 0 Å². The van der Waals surface area contributed by atoms with Gasteiger partial charge in [-0.05, 0) is 19.3 Å². The van der Waals surface area contributed by atoms with Crippen LogP contribution in [0.4, 0.5) is 0 Å². The van der Waals surface area contributed by atoms with Crippen LogP contribution in [0.1, 0.15) is 59.3 Å². The average molecular weight is 572 g/mol. The van der Waals surface area contributed by atoms with E-state index in [1.165, 1.54) is 0 Å². The lowest BCUT2D eigenvalue weighted by Gasteiger charge is -2.33. The summed E-state index contributed by atoms with van der Waals surface area (Å²) in [5.41, 5.74) is 0. The van der Waals surface area contributed by atoms with Gasteiger partial charge in [-0.3, -0.25) is 9.05 Å². The van der Waals surface area contributed by atoms with E-state index in [2.05, 4.69) is 9.05 Å². The Morgan fingerprint density at radius 2 is 0.969 bits per heavy atom. The van der Waals surface area contributed by atoms with Crippen molar-refractivity contribution >= 4 is 50.4 Å². The predicted octanol–water partition coefficient (Wildman–Crippen LogP) is 4.67. The molecule has 32 heavy (non-hydrogen) atoms. The molecule has 0 rings (SSSR count). The molecule has 0 aromatic rings. The molecule has 0 bridgehead atoms. The van der Waals surface area contributed by atoms with Crippen LogP contribution in [0.3, 0.4) is 0 Å². The summed E-state index contributed by atoms with van der Waals surface area (Å²) in [6.07, 6.45) is 5.18. The zero-order valence-corrected chi connectivity index (χ0v) is 22.5. The van der Waals surface area contributed by atoms with Crippen molar-refractivity contribution in [3.63, 3.8) is 0 Å². The molecule has 16 heteroatoms. The summed E-state index contributed by atoms with van der Waals surface area (Å²) < 4.78 is 44.5. The lowest BCUT2D eigenvalue weighted by molar-refractivity contribution is -0.390. The van der Waals surface area contributed by atoms with Crippen LogP contribution in [0.2, 0.25) is 0 Å².